The molecule has 0 spiro atoms. The topological polar surface area (TPSA) is 65.4 Å². The van der Waals surface area contributed by atoms with Crippen LogP contribution in [0.4, 0.5) is 5.69 Å². The summed E-state index contributed by atoms with van der Waals surface area (Å²) in [6.45, 7) is 1.73. The first-order valence-corrected chi connectivity index (χ1v) is 6.00. The molecule has 0 unspecified atom stereocenters. The molecule has 3 heterocycles. The maximum Gasteiger partial charge on any atom is 0.183 e. The third-order valence-electron chi connectivity index (χ3n) is 3.35. The number of anilines is 1. The van der Waals surface area contributed by atoms with E-state index in [1.165, 1.54) is 0 Å². The zero-order valence-corrected chi connectivity index (χ0v) is 9.67. The molecule has 0 bridgehead atoms. The molecule has 1 fully saturated rings. The van der Waals surface area contributed by atoms with Gasteiger partial charge in [0.05, 0.1) is 5.69 Å². The van der Waals surface area contributed by atoms with Crippen LogP contribution < -0.4 is 5.73 Å². The van der Waals surface area contributed by atoms with Gasteiger partial charge in [0, 0.05) is 25.8 Å². The lowest BCUT2D eigenvalue weighted by atomic mass is 9.96. The molecule has 0 aliphatic carbocycles. The van der Waals surface area contributed by atoms with Gasteiger partial charge in [0.25, 0.3) is 0 Å². The highest BCUT2D eigenvalue weighted by molar-refractivity contribution is 5.63. The lowest BCUT2D eigenvalue weighted by Gasteiger charge is -2.20. The minimum absolute atomic E-state index is 0.651. The molecule has 5 heteroatoms. The predicted molar refractivity (Wildman–Crippen MR) is 64.6 cm³/mol. The summed E-state index contributed by atoms with van der Waals surface area (Å²) in [5.74, 6) is 1.65. The quantitative estimate of drug-likeness (QED) is 0.847. The average molecular weight is 232 g/mol. The van der Waals surface area contributed by atoms with E-state index in [-0.39, 0.29) is 0 Å². The van der Waals surface area contributed by atoms with Crippen LogP contribution in [0.1, 0.15) is 18.7 Å². The highest BCUT2D eigenvalue weighted by Crippen LogP contribution is 2.20. The van der Waals surface area contributed by atoms with Crippen molar-refractivity contribution in [2.24, 2.45) is 5.92 Å². The van der Waals surface area contributed by atoms with Gasteiger partial charge in [-0.25, -0.2) is 0 Å². The van der Waals surface area contributed by atoms with Gasteiger partial charge in [0.15, 0.2) is 5.65 Å². The maximum atomic E-state index is 5.86. The van der Waals surface area contributed by atoms with Crippen molar-refractivity contribution in [3.63, 3.8) is 0 Å². The lowest BCUT2D eigenvalue weighted by molar-refractivity contribution is 0.0659. The number of aromatic nitrogens is 3. The number of nitrogens with two attached hydrogens (primary N) is 1. The number of ether oxygens (including phenoxy) is 1. The Bertz CT molecular complexity index is 516. The van der Waals surface area contributed by atoms with Gasteiger partial charge in [-0.15, -0.1) is 10.2 Å². The van der Waals surface area contributed by atoms with Gasteiger partial charge in [0.1, 0.15) is 5.82 Å². The van der Waals surface area contributed by atoms with Crippen LogP contribution in [-0.2, 0) is 11.2 Å². The number of hydrogen-bond donors (Lipinski definition) is 1. The van der Waals surface area contributed by atoms with Crippen LogP contribution in [0.15, 0.2) is 18.3 Å². The molecule has 1 aliphatic rings. The van der Waals surface area contributed by atoms with Crippen molar-refractivity contribution in [3.05, 3.63) is 24.2 Å². The SMILES string of the molecule is Nc1cccn2c(CC3CCOCC3)nnc12. The van der Waals surface area contributed by atoms with E-state index in [2.05, 4.69) is 10.2 Å². The third-order valence-corrected chi connectivity index (χ3v) is 3.35. The molecular weight excluding hydrogens is 216 g/mol. The second-order valence-electron chi connectivity index (χ2n) is 4.53. The third kappa shape index (κ3) is 1.98. The molecule has 0 atom stereocenters. The molecule has 0 radical (unpaired) electrons. The monoisotopic (exact) mass is 232 g/mol. The summed E-state index contributed by atoms with van der Waals surface area (Å²) in [5, 5.41) is 8.38. The fourth-order valence-corrected chi connectivity index (χ4v) is 2.33. The summed E-state index contributed by atoms with van der Waals surface area (Å²) in [6, 6.07) is 3.78. The molecule has 1 aliphatic heterocycles. The van der Waals surface area contributed by atoms with Gasteiger partial charge < -0.3 is 10.5 Å². The lowest BCUT2D eigenvalue weighted by Crippen LogP contribution is -2.18. The highest BCUT2D eigenvalue weighted by Gasteiger charge is 2.17. The van der Waals surface area contributed by atoms with Crippen LogP contribution in [0.3, 0.4) is 0 Å². The van der Waals surface area contributed by atoms with E-state index >= 15 is 0 Å². The molecule has 5 nitrogen and oxygen atoms in total. The first kappa shape index (κ1) is 10.5. The Hall–Kier alpha value is -1.62. The minimum atomic E-state index is 0.651. The molecule has 0 amide bonds. The zero-order valence-electron chi connectivity index (χ0n) is 9.67. The summed E-state index contributed by atoms with van der Waals surface area (Å²) in [7, 11) is 0. The maximum absolute atomic E-state index is 5.86. The Labute approximate surface area is 99.6 Å². The van der Waals surface area contributed by atoms with Crippen LogP contribution in [-0.4, -0.2) is 27.8 Å². The molecule has 1 saturated heterocycles. The molecule has 0 saturated carbocycles. The molecular formula is C12H16N4O. The summed E-state index contributed by atoms with van der Waals surface area (Å²) in [5.41, 5.74) is 7.30. The van der Waals surface area contributed by atoms with E-state index in [1.807, 2.05) is 22.7 Å². The van der Waals surface area contributed by atoms with Crippen molar-refractivity contribution < 1.29 is 4.74 Å². The second-order valence-corrected chi connectivity index (χ2v) is 4.53. The predicted octanol–water partition coefficient (Wildman–Crippen LogP) is 1.28. The van der Waals surface area contributed by atoms with E-state index < -0.39 is 0 Å². The Balaban J connectivity index is 1.87. The van der Waals surface area contributed by atoms with Crippen LogP contribution >= 0.6 is 0 Å². The summed E-state index contributed by atoms with van der Waals surface area (Å²) in [4.78, 5) is 0. The molecule has 2 aromatic rings. The highest BCUT2D eigenvalue weighted by atomic mass is 16.5. The number of nitrogen functional groups attached to an aromatic ring is 1. The van der Waals surface area contributed by atoms with Gasteiger partial charge in [-0.1, -0.05) is 0 Å². The smallest absolute Gasteiger partial charge is 0.183 e. The molecule has 2 aromatic heterocycles. The molecule has 3 rings (SSSR count). The van der Waals surface area contributed by atoms with Crippen LogP contribution in [0.2, 0.25) is 0 Å². The van der Waals surface area contributed by atoms with Gasteiger partial charge in [-0.05, 0) is 30.9 Å². The van der Waals surface area contributed by atoms with Crippen molar-refractivity contribution in [2.45, 2.75) is 19.3 Å². The van der Waals surface area contributed by atoms with Crippen molar-refractivity contribution in [1.29, 1.82) is 0 Å². The summed E-state index contributed by atoms with van der Waals surface area (Å²) < 4.78 is 7.35. The van der Waals surface area contributed by atoms with Gasteiger partial charge in [-0.2, -0.15) is 0 Å². The Kier molecular flexibility index (Phi) is 2.68. The molecule has 2 N–H and O–H groups in total. The van der Waals surface area contributed by atoms with E-state index in [4.69, 9.17) is 10.5 Å². The number of nitrogens with zero attached hydrogens (tertiary/aromatic N) is 3. The number of fused-ring (bicyclic) bond motifs is 1. The fourth-order valence-electron chi connectivity index (χ4n) is 2.33. The van der Waals surface area contributed by atoms with E-state index in [1.54, 1.807) is 0 Å². The number of rotatable bonds is 2. The van der Waals surface area contributed by atoms with Crippen molar-refractivity contribution in [1.82, 2.24) is 14.6 Å². The Morgan fingerprint density at radius 2 is 2.18 bits per heavy atom. The zero-order chi connectivity index (χ0) is 11.7. The van der Waals surface area contributed by atoms with Crippen molar-refractivity contribution in [2.75, 3.05) is 18.9 Å². The standard InChI is InChI=1S/C12H16N4O/c13-10-2-1-5-16-11(14-15-12(10)16)8-9-3-6-17-7-4-9/h1-2,5,9H,3-4,6-8,13H2. The van der Waals surface area contributed by atoms with Gasteiger partial charge >= 0.3 is 0 Å². The van der Waals surface area contributed by atoms with Crippen LogP contribution in [0.5, 0.6) is 0 Å². The van der Waals surface area contributed by atoms with Crippen molar-refractivity contribution in [3.8, 4) is 0 Å². The molecule has 17 heavy (non-hydrogen) atoms. The van der Waals surface area contributed by atoms with E-state index in [0.29, 0.717) is 11.6 Å². The molecule has 90 valence electrons. The Morgan fingerprint density at radius 3 is 3.00 bits per heavy atom. The van der Waals surface area contributed by atoms with Gasteiger partial charge in [0.2, 0.25) is 0 Å². The van der Waals surface area contributed by atoms with Gasteiger partial charge in [-0.3, -0.25) is 4.40 Å². The minimum Gasteiger partial charge on any atom is -0.396 e. The number of pyridine rings is 1. The van der Waals surface area contributed by atoms with E-state index in [9.17, 15) is 0 Å². The average Bonchev–Trinajstić information content (AvgIpc) is 2.76. The molecule has 0 aromatic carbocycles. The largest absolute Gasteiger partial charge is 0.396 e. The fraction of sp³-hybridized carbons (Fsp3) is 0.500. The summed E-state index contributed by atoms with van der Waals surface area (Å²) in [6.07, 6.45) is 5.14. The normalized spacial score (nSPS) is 17.6. The first-order chi connectivity index (χ1) is 8.34. The van der Waals surface area contributed by atoms with E-state index in [0.717, 1.165) is 43.9 Å². The van der Waals surface area contributed by atoms with Crippen LogP contribution in [0.25, 0.3) is 5.65 Å². The summed E-state index contributed by atoms with van der Waals surface area (Å²) >= 11 is 0. The Morgan fingerprint density at radius 1 is 1.35 bits per heavy atom. The first-order valence-electron chi connectivity index (χ1n) is 6.00. The number of hydrogen-bond acceptors (Lipinski definition) is 4. The van der Waals surface area contributed by atoms with Crippen LogP contribution in [0, 0.1) is 5.92 Å². The van der Waals surface area contributed by atoms with Crippen molar-refractivity contribution >= 4 is 11.3 Å². The second kappa shape index (κ2) is 4.33.